The monoisotopic (exact) mass is 238 g/mol. The van der Waals surface area contributed by atoms with Gasteiger partial charge >= 0.3 is 0 Å². The van der Waals surface area contributed by atoms with Gasteiger partial charge in [0.2, 0.25) is 0 Å². The molecule has 0 radical (unpaired) electrons. The van der Waals surface area contributed by atoms with Gasteiger partial charge in [0, 0.05) is 24.5 Å². The lowest BCUT2D eigenvalue weighted by Gasteiger charge is -2.22. The van der Waals surface area contributed by atoms with Gasteiger partial charge in [-0.3, -0.25) is 0 Å². The summed E-state index contributed by atoms with van der Waals surface area (Å²) in [6.45, 7) is 3.84. The fourth-order valence-electron chi connectivity index (χ4n) is 2.74. The van der Waals surface area contributed by atoms with Gasteiger partial charge in [0.05, 0.1) is 0 Å². The van der Waals surface area contributed by atoms with E-state index in [9.17, 15) is 0 Å². The molecule has 0 bridgehead atoms. The highest BCUT2D eigenvalue weighted by molar-refractivity contribution is 5.72. The Labute approximate surface area is 108 Å². The van der Waals surface area contributed by atoms with Crippen LogP contribution in [0.25, 0.3) is 0 Å². The standard InChI is InChI=1S/C16H18N2/c1-12-10-13(11-17)6-7-15(12)18-9-8-14-4-2-3-5-16(14)18/h2-7,10H,8-9,11,17H2,1H3. The third kappa shape index (κ3) is 1.79. The van der Waals surface area contributed by atoms with Crippen LogP contribution in [0.5, 0.6) is 0 Å². The highest BCUT2D eigenvalue weighted by Crippen LogP contribution is 2.35. The Hall–Kier alpha value is -1.80. The van der Waals surface area contributed by atoms with E-state index in [1.54, 1.807) is 0 Å². The van der Waals surface area contributed by atoms with E-state index in [0.29, 0.717) is 6.54 Å². The van der Waals surface area contributed by atoms with Crippen molar-refractivity contribution in [2.24, 2.45) is 5.73 Å². The minimum absolute atomic E-state index is 0.609. The molecular weight excluding hydrogens is 220 g/mol. The van der Waals surface area contributed by atoms with Crippen LogP contribution >= 0.6 is 0 Å². The predicted molar refractivity (Wildman–Crippen MR) is 76.2 cm³/mol. The van der Waals surface area contributed by atoms with Crippen LogP contribution < -0.4 is 10.6 Å². The number of hydrogen-bond donors (Lipinski definition) is 1. The highest BCUT2D eigenvalue weighted by atomic mass is 15.2. The summed E-state index contributed by atoms with van der Waals surface area (Å²) in [5.74, 6) is 0. The van der Waals surface area contributed by atoms with Gasteiger partial charge in [0.1, 0.15) is 0 Å². The van der Waals surface area contributed by atoms with Gasteiger partial charge in [-0.15, -0.1) is 0 Å². The maximum Gasteiger partial charge on any atom is 0.0444 e. The SMILES string of the molecule is Cc1cc(CN)ccc1N1CCc2ccccc21. The van der Waals surface area contributed by atoms with Crippen LogP contribution in [0.4, 0.5) is 11.4 Å². The van der Waals surface area contributed by atoms with E-state index >= 15 is 0 Å². The smallest absolute Gasteiger partial charge is 0.0444 e. The van der Waals surface area contributed by atoms with Crippen molar-refractivity contribution >= 4 is 11.4 Å². The molecule has 2 aromatic carbocycles. The Morgan fingerprint density at radius 3 is 2.72 bits per heavy atom. The van der Waals surface area contributed by atoms with E-state index in [4.69, 9.17) is 5.73 Å². The molecule has 2 aromatic rings. The fraction of sp³-hybridized carbons (Fsp3) is 0.250. The van der Waals surface area contributed by atoms with E-state index in [-0.39, 0.29) is 0 Å². The van der Waals surface area contributed by atoms with E-state index in [0.717, 1.165) is 13.0 Å². The molecule has 3 rings (SSSR count). The Morgan fingerprint density at radius 1 is 1.11 bits per heavy atom. The second kappa shape index (κ2) is 4.46. The third-order valence-electron chi connectivity index (χ3n) is 3.67. The summed E-state index contributed by atoms with van der Waals surface area (Å²) >= 11 is 0. The summed E-state index contributed by atoms with van der Waals surface area (Å²) in [6.07, 6.45) is 1.13. The molecule has 0 aromatic heterocycles. The lowest BCUT2D eigenvalue weighted by atomic mass is 10.1. The number of anilines is 2. The average molecular weight is 238 g/mol. The minimum Gasteiger partial charge on any atom is -0.341 e. The molecule has 0 saturated carbocycles. The molecule has 0 amide bonds. The molecular formula is C16H18N2. The Kier molecular flexibility index (Phi) is 2.80. The van der Waals surface area contributed by atoms with Crippen LogP contribution in [-0.4, -0.2) is 6.54 Å². The minimum atomic E-state index is 0.609. The average Bonchev–Trinajstić information content (AvgIpc) is 2.82. The van der Waals surface area contributed by atoms with Crippen LogP contribution in [0.15, 0.2) is 42.5 Å². The maximum atomic E-state index is 5.69. The summed E-state index contributed by atoms with van der Waals surface area (Å²) in [5.41, 5.74) is 12.3. The van der Waals surface area contributed by atoms with Crippen molar-refractivity contribution < 1.29 is 0 Å². The molecule has 1 aliphatic rings. The second-order valence-electron chi connectivity index (χ2n) is 4.86. The van der Waals surface area contributed by atoms with Gasteiger partial charge in [-0.25, -0.2) is 0 Å². The van der Waals surface area contributed by atoms with Crippen LogP contribution in [0, 0.1) is 6.92 Å². The summed E-state index contributed by atoms with van der Waals surface area (Å²) < 4.78 is 0. The van der Waals surface area contributed by atoms with Gasteiger partial charge < -0.3 is 10.6 Å². The van der Waals surface area contributed by atoms with Gasteiger partial charge in [0.15, 0.2) is 0 Å². The molecule has 92 valence electrons. The molecule has 0 atom stereocenters. The molecule has 18 heavy (non-hydrogen) atoms. The molecule has 0 fully saturated rings. The van der Waals surface area contributed by atoms with Crippen molar-refractivity contribution in [3.05, 3.63) is 59.2 Å². The number of hydrogen-bond acceptors (Lipinski definition) is 2. The third-order valence-corrected chi connectivity index (χ3v) is 3.67. The molecule has 1 aliphatic heterocycles. The van der Waals surface area contributed by atoms with E-state index in [1.807, 2.05) is 0 Å². The van der Waals surface area contributed by atoms with Crippen LogP contribution in [0.2, 0.25) is 0 Å². The van der Waals surface area contributed by atoms with Crippen LogP contribution in [-0.2, 0) is 13.0 Å². The molecule has 0 saturated heterocycles. The zero-order valence-electron chi connectivity index (χ0n) is 10.7. The molecule has 0 spiro atoms. The zero-order chi connectivity index (χ0) is 12.5. The fourth-order valence-corrected chi connectivity index (χ4v) is 2.74. The van der Waals surface area contributed by atoms with E-state index < -0.39 is 0 Å². The second-order valence-corrected chi connectivity index (χ2v) is 4.86. The molecule has 1 heterocycles. The lowest BCUT2D eigenvalue weighted by Crippen LogP contribution is -2.14. The number of benzene rings is 2. The van der Waals surface area contributed by atoms with Crippen LogP contribution in [0.3, 0.4) is 0 Å². The van der Waals surface area contributed by atoms with Crippen molar-refractivity contribution in [1.29, 1.82) is 0 Å². The summed E-state index contributed by atoms with van der Waals surface area (Å²) in [5, 5.41) is 0. The Morgan fingerprint density at radius 2 is 1.94 bits per heavy atom. The predicted octanol–water partition coefficient (Wildman–Crippen LogP) is 3.15. The number of aryl methyl sites for hydroxylation is 1. The Bertz CT molecular complexity index is 575. The van der Waals surface area contributed by atoms with Crippen molar-refractivity contribution in [3.8, 4) is 0 Å². The first-order valence-electron chi connectivity index (χ1n) is 6.44. The molecule has 2 N–H and O–H groups in total. The number of rotatable bonds is 2. The zero-order valence-corrected chi connectivity index (χ0v) is 10.7. The number of fused-ring (bicyclic) bond motifs is 1. The van der Waals surface area contributed by atoms with Crippen LogP contribution in [0.1, 0.15) is 16.7 Å². The first kappa shape index (κ1) is 11.3. The largest absolute Gasteiger partial charge is 0.341 e. The van der Waals surface area contributed by atoms with Gasteiger partial charge in [-0.05, 0) is 42.2 Å². The summed E-state index contributed by atoms with van der Waals surface area (Å²) in [4.78, 5) is 2.41. The van der Waals surface area contributed by atoms with Crippen molar-refractivity contribution in [3.63, 3.8) is 0 Å². The summed E-state index contributed by atoms with van der Waals surface area (Å²) in [6, 6.07) is 15.2. The summed E-state index contributed by atoms with van der Waals surface area (Å²) in [7, 11) is 0. The normalized spacial score (nSPS) is 13.8. The first-order chi connectivity index (χ1) is 8.79. The van der Waals surface area contributed by atoms with Gasteiger partial charge in [-0.1, -0.05) is 30.3 Å². The van der Waals surface area contributed by atoms with Gasteiger partial charge in [-0.2, -0.15) is 0 Å². The Balaban J connectivity index is 2.02. The first-order valence-corrected chi connectivity index (χ1v) is 6.44. The number of nitrogens with zero attached hydrogens (tertiary/aromatic N) is 1. The quantitative estimate of drug-likeness (QED) is 0.871. The molecule has 2 heteroatoms. The van der Waals surface area contributed by atoms with Crippen molar-refractivity contribution in [1.82, 2.24) is 0 Å². The van der Waals surface area contributed by atoms with Gasteiger partial charge in [0.25, 0.3) is 0 Å². The molecule has 0 aliphatic carbocycles. The molecule has 2 nitrogen and oxygen atoms in total. The van der Waals surface area contributed by atoms with E-state index in [1.165, 1.54) is 28.1 Å². The highest BCUT2D eigenvalue weighted by Gasteiger charge is 2.20. The maximum absolute atomic E-state index is 5.69. The van der Waals surface area contributed by atoms with E-state index in [2.05, 4.69) is 54.3 Å². The topological polar surface area (TPSA) is 29.3 Å². The van der Waals surface area contributed by atoms with Crippen molar-refractivity contribution in [2.75, 3.05) is 11.4 Å². The number of nitrogens with two attached hydrogens (primary N) is 1. The lowest BCUT2D eigenvalue weighted by molar-refractivity contribution is 0.987. The van der Waals surface area contributed by atoms with Crippen molar-refractivity contribution in [2.45, 2.75) is 19.9 Å². The number of para-hydroxylation sites is 1. The molecule has 0 unspecified atom stereocenters.